The van der Waals surface area contributed by atoms with Gasteiger partial charge in [0.1, 0.15) is 17.5 Å². The van der Waals surface area contributed by atoms with Gasteiger partial charge in [0.25, 0.3) is 0 Å². The normalized spacial score (nSPS) is 10.3. The second-order valence-corrected chi connectivity index (χ2v) is 7.20. The maximum absolute atomic E-state index is 12.5. The number of nitrogens with zero attached hydrogens (tertiary/aromatic N) is 2. The first kappa shape index (κ1) is 22.3. The molecule has 9 heteroatoms. The zero-order valence-electron chi connectivity index (χ0n) is 16.4. The van der Waals surface area contributed by atoms with Gasteiger partial charge in [-0.15, -0.1) is 11.3 Å². The van der Waals surface area contributed by atoms with Crippen LogP contribution < -0.4 is 10.8 Å². The van der Waals surface area contributed by atoms with Crippen molar-refractivity contribution in [3.05, 3.63) is 34.3 Å². The number of ether oxygens (including phenoxy) is 1. The molecular formula is C20H24N4O4S. The van der Waals surface area contributed by atoms with Gasteiger partial charge < -0.3 is 10.1 Å². The van der Waals surface area contributed by atoms with Crippen molar-refractivity contribution >= 4 is 29.0 Å². The number of carbonyl (C=O) groups excluding carboxylic acids is 2. The monoisotopic (exact) mass is 416 g/mol. The molecule has 0 saturated carbocycles. The molecule has 0 radical (unpaired) electrons. The number of hydroxylamine groups is 1. The minimum absolute atomic E-state index is 0.234. The Morgan fingerprint density at radius 2 is 2.14 bits per heavy atom. The summed E-state index contributed by atoms with van der Waals surface area (Å²) in [5.74, 6) is -0.474. The number of hydrogen-bond acceptors (Lipinski definition) is 8. The Morgan fingerprint density at radius 3 is 2.76 bits per heavy atom. The van der Waals surface area contributed by atoms with Crippen molar-refractivity contribution in [2.75, 3.05) is 18.5 Å². The average Bonchev–Trinajstić information content (AvgIpc) is 3.24. The van der Waals surface area contributed by atoms with Crippen LogP contribution in [0.3, 0.4) is 0 Å². The number of rotatable bonds is 10. The summed E-state index contributed by atoms with van der Waals surface area (Å²) in [6, 6.07) is 5.91. The Bertz CT molecular complexity index is 891. The van der Waals surface area contributed by atoms with Gasteiger partial charge in [0.05, 0.1) is 17.9 Å². The number of carbonyl (C=O) groups is 2. The number of anilines is 1. The van der Waals surface area contributed by atoms with Gasteiger partial charge >= 0.3 is 5.97 Å². The van der Waals surface area contributed by atoms with Crippen LogP contribution in [0, 0.1) is 18.3 Å². The van der Waals surface area contributed by atoms with Crippen molar-refractivity contribution in [3.63, 3.8) is 0 Å². The smallest absolute Gasteiger partial charge is 0.340 e. The Kier molecular flexibility index (Phi) is 8.58. The quantitative estimate of drug-likeness (QED) is 0.234. The molecule has 2 rings (SSSR count). The molecule has 0 atom stereocenters. The SMILES string of the molecule is CCOC(=O)c1c(C)nc(NCCCCCC(=O)NO)c(C#N)c1-c1cccs1. The van der Waals surface area contributed by atoms with Gasteiger partial charge in [-0.1, -0.05) is 12.5 Å². The van der Waals surface area contributed by atoms with Crippen LogP contribution in [0.15, 0.2) is 17.5 Å². The van der Waals surface area contributed by atoms with Crippen LogP contribution in [0.25, 0.3) is 10.4 Å². The predicted octanol–water partition coefficient (Wildman–Crippen LogP) is 3.64. The van der Waals surface area contributed by atoms with E-state index < -0.39 is 11.9 Å². The van der Waals surface area contributed by atoms with E-state index in [0.717, 1.165) is 17.7 Å². The lowest BCUT2D eigenvalue weighted by atomic mass is 9.99. The Hall–Kier alpha value is -2.96. The molecule has 0 aliphatic heterocycles. The van der Waals surface area contributed by atoms with E-state index in [-0.39, 0.29) is 13.0 Å². The van der Waals surface area contributed by atoms with Crippen LogP contribution >= 0.6 is 11.3 Å². The molecular weight excluding hydrogens is 392 g/mol. The molecule has 1 amide bonds. The van der Waals surface area contributed by atoms with E-state index in [1.807, 2.05) is 17.5 Å². The second-order valence-electron chi connectivity index (χ2n) is 6.25. The van der Waals surface area contributed by atoms with E-state index in [2.05, 4.69) is 16.4 Å². The number of nitrogens with one attached hydrogen (secondary N) is 2. The summed E-state index contributed by atoms with van der Waals surface area (Å²) in [6.45, 7) is 4.25. The van der Waals surface area contributed by atoms with E-state index in [4.69, 9.17) is 9.94 Å². The highest BCUT2D eigenvalue weighted by Crippen LogP contribution is 2.36. The van der Waals surface area contributed by atoms with Crippen molar-refractivity contribution in [2.24, 2.45) is 0 Å². The predicted molar refractivity (Wildman–Crippen MR) is 110 cm³/mol. The van der Waals surface area contributed by atoms with Gasteiger partial charge in [-0.2, -0.15) is 5.26 Å². The van der Waals surface area contributed by atoms with Crippen LogP contribution in [-0.2, 0) is 9.53 Å². The molecule has 0 saturated heterocycles. The van der Waals surface area contributed by atoms with E-state index >= 15 is 0 Å². The third-order valence-electron chi connectivity index (χ3n) is 4.23. The third-order valence-corrected chi connectivity index (χ3v) is 5.12. The fraction of sp³-hybridized carbons (Fsp3) is 0.400. The summed E-state index contributed by atoms with van der Waals surface area (Å²) in [7, 11) is 0. The molecule has 2 heterocycles. The first-order valence-electron chi connectivity index (χ1n) is 9.35. The average molecular weight is 417 g/mol. The standard InChI is InChI=1S/C20H24N4O4S/c1-3-28-20(26)17-13(2)23-19(22-10-6-4-5-9-16(25)24-27)14(12-21)18(17)15-8-7-11-29-15/h7-8,11,27H,3-6,9-10H2,1-2H3,(H,22,23)(H,24,25). The van der Waals surface area contributed by atoms with Gasteiger partial charge in [0, 0.05) is 23.4 Å². The fourth-order valence-electron chi connectivity index (χ4n) is 2.91. The van der Waals surface area contributed by atoms with Crippen molar-refractivity contribution in [3.8, 4) is 16.5 Å². The van der Waals surface area contributed by atoms with Crippen molar-refractivity contribution in [1.82, 2.24) is 10.5 Å². The lowest BCUT2D eigenvalue weighted by Gasteiger charge is -2.16. The first-order valence-corrected chi connectivity index (χ1v) is 10.2. The van der Waals surface area contributed by atoms with Crippen molar-refractivity contribution < 1.29 is 19.5 Å². The van der Waals surface area contributed by atoms with Gasteiger partial charge in [0.2, 0.25) is 5.91 Å². The van der Waals surface area contributed by atoms with E-state index in [9.17, 15) is 14.9 Å². The van der Waals surface area contributed by atoms with Crippen LogP contribution in [-0.4, -0.2) is 35.2 Å². The van der Waals surface area contributed by atoms with Gasteiger partial charge in [0.15, 0.2) is 0 Å². The highest BCUT2D eigenvalue weighted by Gasteiger charge is 2.25. The molecule has 0 spiro atoms. The van der Waals surface area contributed by atoms with E-state index in [1.54, 1.807) is 19.3 Å². The fourth-order valence-corrected chi connectivity index (χ4v) is 3.69. The number of pyridine rings is 1. The molecule has 2 aromatic heterocycles. The van der Waals surface area contributed by atoms with Gasteiger partial charge in [-0.05, 0) is 38.1 Å². The number of thiophene rings is 1. The van der Waals surface area contributed by atoms with Crippen molar-refractivity contribution in [2.45, 2.75) is 39.5 Å². The third kappa shape index (κ3) is 5.76. The molecule has 0 aromatic carbocycles. The molecule has 0 aliphatic rings. The van der Waals surface area contributed by atoms with Crippen LogP contribution in [0.4, 0.5) is 5.82 Å². The number of amides is 1. The highest BCUT2D eigenvalue weighted by molar-refractivity contribution is 7.13. The van der Waals surface area contributed by atoms with Gasteiger partial charge in [-0.25, -0.2) is 15.3 Å². The molecule has 2 aromatic rings. The van der Waals surface area contributed by atoms with Gasteiger partial charge in [-0.3, -0.25) is 10.0 Å². The first-order chi connectivity index (χ1) is 14.0. The molecule has 0 unspecified atom stereocenters. The zero-order valence-corrected chi connectivity index (χ0v) is 17.3. The number of aromatic nitrogens is 1. The largest absolute Gasteiger partial charge is 0.462 e. The Labute approximate surface area is 173 Å². The maximum atomic E-state index is 12.5. The van der Waals surface area contributed by atoms with Crippen LogP contribution in [0.5, 0.6) is 0 Å². The minimum atomic E-state index is -0.494. The number of aryl methyl sites for hydroxylation is 1. The maximum Gasteiger partial charge on any atom is 0.340 e. The molecule has 3 N–H and O–H groups in total. The number of unbranched alkanes of at least 4 members (excludes halogenated alkanes) is 2. The lowest BCUT2D eigenvalue weighted by molar-refractivity contribution is -0.129. The summed E-state index contributed by atoms with van der Waals surface area (Å²) in [5.41, 5.74) is 3.26. The highest BCUT2D eigenvalue weighted by atomic mass is 32.1. The van der Waals surface area contributed by atoms with E-state index in [1.165, 1.54) is 11.3 Å². The number of esters is 1. The molecule has 154 valence electrons. The van der Waals surface area contributed by atoms with E-state index in [0.29, 0.717) is 41.2 Å². The number of nitriles is 1. The molecule has 8 nitrogen and oxygen atoms in total. The Morgan fingerprint density at radius 1 is 1.34 bits per heavy atom. The molecule has 29 heavy (non-hydrogen) atoms. The summed E-state index contributed by atoms with van der Waals surface area (Å²) in [6.07, 6.45) is 2.44. The number of hydrogen-bond donors (Lipinski definition) is 3. The summed E-state index contributed by atoms with van der Waals surface area (Å²) >= 11 is 1.44. The lowest BCUT2D eigenvalue weighted by Crippen LogP contribution is -2.18. The molecule has 0 aliphatic carbocycles. The molecule has 0 bridgehead atoms. The zero-order chi connectivity index (χ0) is 21.2. The summed E-state index contributed by atoms with van der Waals surface area (Å²) in [5, 5.41) is 23.4. The van der Waals surface area contributed by atoms with Crippen LogP contribution in [0.1, 0.15) is 54.2 Å². The van der Waals surface area contributed by atoms with Crippen molar-refractivity contribution in [1.29, 1.82) is 5.26 Å². The summed E-state index contributed by atoms with van der Waals surface area (Å²) < 4.78 is 5.19. The molecule has 0 fully saturated rings. The summed E-state index contributed by atoms with van der Waals surface area (Å²) in [4.78, 5) is 28.8. The second kappa shape index (κ2) is 11.1. The Balaban J connectivity index is 2.25. The topological polar surface area (TPSA) is 124 Å². The minimum Gasteiger partial charge on any atom is -0.462 e. The van der Waals surface area contributed by atoms with Crippen LogP contribution in [0.2, 0.25) is 0 Å².